The summed E-state index contributed by atoms with van der Waals surface area (Å²) in [6.07, 6.45) is 0.619. The lowest BCUT2D eigenvalue weighted by Gasteiger charge is -2.09. The van der Waals surface area contributed by atoms with Crippen molar-refractivity contribution in [1.82, 2.24) is 9.55 Å². The Balaban J connectivity index is 2.34. The van der Waals surface area contributed by atoms with Crippen molar-refractivity contribution in [3.63, 3.8) is 0 Å². The smallest absolute Gasteiger partial charge is 0.115 e. The van der Waals surface area contributed by atoms with Crippen molar-refractivity contribution in [3.8, 4) is 11.8 Å². The van der Waals surface area contributed by atoms with Crippen molar-refractivity contribution in [1.29, 1.82) is 5.26 Å². The second kappa shape index (κ2) is 5.77. The molecular weight excluding hydrogens is 305 g/mol. The number of imidazole rings is 1. The van der Waals surface area contributed by atoms with Gasteiger partial charge in [0, 0.05) is 23.0 Å². The Morgan fingerprint density at radius 1 is 1.19 bits per heavy atom. The molecule has 0 amide bonds. The van der Waals surface area contributed by atoms with Gasteiger partial charge in [-0.2, -0.15) is 5.26 Å². The molecule has 1 aromatic heterocycles. The van der Waals surface area contributed by atoms with Crippen molar-refractivity contribution in [3.05, 3.63) is 58.9 Å². The number of alkyl halides is 1. The van der Waals surface area contributed by atoms with Gasteiger partial charge in [-0.1, -0.05) is 23.7 Å². The Labute approximate surface area is 132 Å². The maximum atomic E-state index is 9.23. The lowest BCUT2D eigenvalue weighted by atomic mass is 10.2. The third-order valence-electron chi connectivity index (χ3n) is 3.26. The minimum absolute atomic E-state index is 0.464. The van der Waals surface area contributed by atoms with E-state index in [1.165, 1.54) is 0 Å². The number of fused-ring (bicyclic) bond motifs is 1. The standard InChI is InChI=1S/C16H11Cl2N3/c17-8-7-15-20-16-11(10-19)3-1-6-14(16)21(15)13-5-2-4-12(18)9-13/h1-6,9H,7-8H2. The fourth-order valence-corrected chi connectivity index (χ4v) is 2.75. The predicted octanol–water partition coefficient (Wildman–Crippen LogP) is 4.33. The van der Waals surface area contributed by atoms with Crippen LogP contribution < -0.4 is 0 Å². The number of aromatic nitrogens is 2. The van der Waals surface area contributed by atoms with Crippen LogP contribution in [0.3, 0.4) is 0 Å². The van der Waals surface area contributed by atoms with Gasteiger partial charge < -0.3 is 0 Å². The number of hydrogen-bond donors (Lipinski definition) is 0. The van der Waals surface area contributed by atoms with E-state index in [4.69, 9.17) is 23.2 Å². The number of benzene rings is 2. The first kappa shape index (κ1) is 13.9. The molecule has 0 radical (unpaired) electrons. The molecule has 0 saturated heterocycles. The molecule has 0 aliphatic heterocycles. The first-order chi connectivity index (χ1) is 10.2. The van der Waals surface area contributed by atoms with Crippen LogP contribution >= 0.6 is 23.2 Å². The Kier molecular flexibility index (Phi) is 3.83. The molecule has 104 valence electrons. The van der Waals surface area contributed by atoms with E-state index in [2.05, 4.69) is 11.1 Å². The lowest BCUT2D eigenvalue weighted by molar-refractivity contribution is 0.912. The first-order valence-electron chi connectivity index (χ1n) is 6.47. The average Bonchev–Trinajstić information content (AvgIpc) is 2.85. The van der Waals surface area contributed by atoms with E-state index in [1.807, 2.05) is 41.0 Å². The Morgan fingerprint density at radius 3 is 2.71 bits per heavy atom. The molecule has 3 nitrogen and oxygen atoms in total. The van der Waals surface area contributed by atoms with Crippen LogP contribution in [0.4, 0.5) is 0 Å². The summed E-state index contributed by atoms with van der Waals surface area (Å²) in [5.74, 6) is 1.29. The zero-order chi connectivity index (χ0) is 14.8. The molecule has 5 heteroatoms. The highest BCUT2D eigenvalue weighted by atomic mass is 35.5. The van der Waals surface area contributed by atoms with Crippen LogP contribution in [0.2, 0.25) is 5.02 Å². The third kappa shape index (κ3) is 2.49. The van der Waals surface area contributed by atoms with Gasteiger partial charge in [0.2, 0.25) is 0 Å². The van der Waals surface area contributed by atoms with Gasteiger partial charge in [-0.3, -0.25) is 4.57 Å². The second-order valence-electron chi connectivity index (χ2n) is 4.57. The molecule has 0 bridgehead atoms. The number of hydrogen-bond acceptors (Lipinski definition) is 2. The van der Waals surface area contributed by atoms with Crippen LogP contribution in [0.25, 0.3) is 16.7 Å². The number of rotatable bonds is 3. The Bertz CT molecular complexity index is 846. The lowest BCUT2D eigenvalue weighted by Crippen LogP contribution is -2.02. The topological polar surface area (TPSA) is 41.6 Å². The van der Waals surface area contributed by atoms with E-state index < -0.39 is 0 Å². The van der Waals surface area contributed by atoms with Gasteiger partial charge in [-0.25, -0.2) is 4.98 Å². The zero-order valence-corrected chi connectivity index (χ0v) is 12.6. The van der Waals surface area contributed by atoms with Crippen LogP contribution in [0.1, 0.15) is 11.4 Å². The molecule has 0 fully saturated rings. The summed E-state index contributed by atoms with van der Waals surface area (Å²) in [4.78, 5) is 4.59. The van der Waals surface area contributed by atoms with Crippen molar-refractivity contribution in [2.24, 2.45) is 0 Å². The zero-order valence-electron chi connectivity index (χ0n) is 11.1. The van der Waals surface area contributed by atoms with Crippen LogP contribution in [0, 0.1) is 11.3 Å². The van der Waals surface area contributed by atoms with Gasteiger partial charge >= 0.3 is 0 Å². The summed E-state index contributed by atoms with van der Waals surface area (Å²) in [7, 11) is 0. The number of nitrogens with zero attached hydrogens (tertiary/aromatic N) is 3. The molecule has 0 spiro atoms. The first-order valence-corrected chi connectivity index (χ1v) is 7.38. The summed E-state index contributed by atoms with van der Waals surface area (Å²) >= 11 is 12.0. The second-order valence-corrected chi connectivity index (χ2v) is 5.38. The maximum absolute atomic E-state index is 9.23. The largest absolute Gasteiger partial charge is 0.296 e. The Morgan fingerprint density at radius 2 is 2.00 bits per heavy atom. The van der Waals surface area contributed by atoms with E-state index in [0.29, 0.717) is 28.4 Å². The van der Waals surface area contributed by atoms with Gasteiger partial charge in [0.05, 0.1) is 11.1 Å². The molecule has 0 saturated carbocycles. The van der Waals surface area contributed by atoms with E-state index in [0.717, 1.165) is 17.0 Å². The van der Waals surface area contributed by atoms with Crippen molar-refractivity contribution in [2.45, 2.75) is 6.42 Å². The molecule has 0 aliphatic rings. The van der Waals surface area contributed by atoms with E-state index >= 15 is 0 Å². The number of aryl methyl sites for hydroxylation is 1. The predicted molar refractivity (Wildman–Crippen MR) is 85.2 cm³/mol. The Hall–Kier alpha value is -2.02. The SMILES string of the molecule is N#Cc1cccc2c1nc(CCCl)n2-c1cccc(Cl)c1. The highest BCUT2D eigenvalue weighted by Crippen LogP contribution is 2.25. The quantitative estimate of drug-likeness (QED) is 0.675. The molecule has 0 aliphatic carbocycles. The number of halogens is 2. The highest BCUT2D eigenvalue weighted by Gasteiger charge is 2.14. The molecular formula is C16H11Cl2N3. The molecule has 3 rings (SSSR count). The normalized spacial score (nSPS) is 10.7. The molecule has 0 N–H and O–H groups in total. The van der Waals surface area contributed by atoms with Crippen molar-refractivity contribution in [2.75, 3.05) is 5.88 Å². The fourth-order valence-electron chi connectivity index (χ4n) is 2.39. The molecule has 0 atom stereocenters. The van der Waals surface area contributed by atoms with Gasteiger partial charge in [0.25, 0.3) is 0 Å². The third-order valence-corrected chi connectivity index (χ3v) is 3.68. The van der Waals surface area contributed by atoms with Gasteiger partial charge in [0.1, 0.15) is 17.4 Å². The van der Waals surface area contributed by atoms with Crippen LogP contribution in [0.15, 0.2) is 42.5 Å². The molecule has 2 aromatic carbocycles. The average molecular weight is 316 g/mol. The minimum Gasteiger partial charge on any atom is -0.296 e. The molecule has 1 heterocycles. The van der Waals surface area contributed by atoms with E-state index in [1.54, 1.807) is 6.07 Å². The van der Waals surface area contributed by atoms with Crippen molar-refractivity contribution >= 4 is 34.2 Å². The number of nitriles is 1. The van der Waals surface area contributed by atoms with Gasteiger partial charge in [0.15, 0.2) is 0 Å². The summed E-state index contributed by atoms with van der Waals surface area (Å²) in [6.45, 7) is 0. The fraction of sp³-hybridized carbons (Fsp3) is 0.125. The van der Waals surface area contributed by atoms with Crippen LogP contribution in [0.5, 0.6) is 0 Å². The van der Waals surface area contributed by atoms with Crippen LogP contribution in [-0.4, -0.2) is 15.4 Å². The highest BCUT2D eigenvalue weighted by molar-refractivity contribution is 6.30. The maximum Gasteiger partial charge on any atom is 0.115 e. The molecule has 0 unspecified atom stereocenters. The monoisotopic (exact) mass is 315 g/mol. The molecule has 3 aromatic rings. The molecule has 21 heavy (non-hydrogen) atoms. The van der Waals surface area contributed by atoms with Gasteiger partial charge in [-0.15, -0.1) is 11.6 Å². The summed E-state index contributed by atoms with van der Waals surface area (Å²) < 4.78 is 2.00. The summed E-state index contributed by atoms with van der Waals surface area (Å²) in [5.41, 5.74) is 3.06. The van der Waals surface area contributed by atoms with Crippen molar-refractivity contribution < 1.29 is 0 Å². The summed E-state index contributed by atoms with van der Waals surface area (Å²) in [5, 5.41) is 9.89. The van der Waals surface area contributed by atoms with Crippen LogP contribution in [-0.2, 0) is 6.42 Å². The van der Waals surface area contributed by atoms with E-state index in [-0.39, 0.29) is 0 Å². The number of para-hydroxylation sites is 1. The van der Waals surface area contributed by atoms with Gasteiger partial charge in [-0.05, 0) is 30.3 Å². The van der Waals surface area contributed by atoms with E-state index in [9.17, 15) is 5.26 Å². The minimum atomic E-state index is 0.464. The summed E-state index contributed by atoms with van der Waals surface area (Å²) in [6, 6.07) is 15.3.